The van der Waals surface area contributed by atoms with Crippen molar-refractivity contribution in [3.63, 3.8) is 0 Å². The van der Waals surface area contributed by atoms with Crippen LogP contribution in [0.2, 0.25) is 0 Å². The molecule has 4 aromatic carbocycles. The number of carbonyl (C=O) groups is 1. The van der Waals surface area contributed by atoms with E-state index >= 15 is 0 Å². The van der Waals surface area contributed by atoms with E-state index in [0.29, 0.717) is 23.6 Å². The van der Waals surface area contributed by atoms with Gasteiger partial charge in [0.2, 0.25) is 0 Å². The van der Waals surface area contributed by atoms with E-state index in [4.69, 9.17) is 9.72 Å². The molecule has 0 radical (unpaired) electrons. The van der Waals surface area contributed by atoms with Gasteiger partial charge in [0.05, 0.1) is 24.2 Å². The lowest BCUT2D eigenvalue weighted by atomic mass is 9.77. The second-order valence-electron chi connectivity index (χ2n) is 9.01. The molecule has 0 unspecified atom stereocenters. The Morgan fingerprint density at radius 1 is 0.784 bits per heavy atom. The van der Waals surface area contributed by atoms with Gasteiger partial charge in [-0.3, -0.25) is 4.79 Å². The molecule has 0 bridgehead atoms. The minimum absolute atomic E-state index is 0.559. The molecule has 0 amide bonds. The van der Waals surface area contributed by atoms with E-state index < -0.39 is 5.54 Å². The highest BCUT2D eigenvalue weighted by atomic mass is 16.5. The van der Waals surface area contributed by atoms with Crippen molar-refractivity contribution in [3.05, 3.63) is 144 Å². The summed E-state index contributed by atoms with van der Waals surface area (Å²) in [5.74, 6) is 0.674. The van der Waals surface area contributed by atoms with Gasteiger partial charge in [-0.25, -0.2) is 4.98 Å². The molecule has 0 saturated heterocycles. The monoisotopic (exact) mass is 486 g/mol. The van der Waals surface area contributed by atoms with E-state index in [0.717, 1.165) is 41.4 Å². The van der Waals surface area contributed by atoms with Crippen LogP contribution in [-0.2, 0) is 5.54 Å². The zero-order chi connectivity index (χ0) is 25.5. The summed E-state index contributed by atoms with van der Waals surface area (Å²) in [5, 5.41) is 0. The zero-order valence-corrected chi connectivity index (χ0v) is 21.0. The van der Waals surface area contributed by atoms with Crippen LogP contribution in [0.1, 0.15) is 46.8 Å². The lowest BCUT2D eigenvalue weighted by molar-refractivity contribution is 0.112. The Bertz CT molecular complexity index is 1350. The van der Waals surface area contributed by atoms with E-state index in [-0.39, 0.29) is 0 Å². The average molecular weight is 487 g/mol. The van der Waals surface area contributed by atoms with Crippen LogP contribution in [0.5, 0.6) is 5.75 Å². The highest BCUT2D eigenvalue weighted by Gasteiger charge is 2.38. The third-order valence-corrected chi connectivity index (χ3v) is 6.74. The van der Waals surface area contributed by atoms with Gasteiger partial charge in [-0.15, -0.1) is 0 Å². The summed E-state index contributed by atoms with van der Waals surface area (Å²) >= 11 is 0. The second-order valence-corrected chi connectivity index (χ2v) is 9.01. The van der Waals surface area contributed by atoms with Gasteiger partial charge in [-0.1, -0.05) is 116 Å². The minimum Gasteiger partial charge on any atom is -0.493 e. The molecule has 0 fully saturated rings. The predicted octanol–water partition coefficient (Wildman–Crippen LogP) is 7.38. The fourth-order valence-corrected chi connectivity index (χ4v) is 4.99. The average Bonchev–Trinajstić information content (AvgIpc) is 3.45. The van der Waals surface area contributed by atoms with Crippen LogP contribution >= 0.6 is 0 Å². The third-order valence-electron chi connectivity index (χ3n) is 6.74. The molecule has 0 N–H and O–H groups in total. The number of aldehydes is 1. The SMILES string of the molecule is CCCCOc1cccc(C=O)c1-c1cn(C(c2ccccc2)(c2ccccc2)c2ccccc2)cn1. The molecule has 4 heteroatoms. The first-order valence-electron chi connectivity index (χ1n) is 12.7. The van der Waals surface area contributed by atoms with E-state index in [1.807, 2.05) is 48.9 Å². The van der Waals surface area contributed by atoms with E-state index in [2.05, 4.69) is 84.3 Å². The summed E-state index contributed by atoms with van der Waals surface area (Å²) < 4.78 is 8.27. The topological polar surface area (TPSA) is 44.1 Å². The Morgan fingerprint density at radius 2 is 1.35 bits per heavy atom. The quantitative estimate of drug-likeness (QED) is 0.117. The molecule has 0 saturated carbocycles. The molecule has 5 rings (SSSR count). The number of imidazole rings is 1. The van der Waals surface area contributed by atoms with Crippen LogP contribution in [0.4, 0.5) is 0 Å². The summed E-state index contributed by atoms with van der Waals surface area (Å²) in [6.07, 6.45) is 6.74. The van der Waals surface area contributed by atoms with Crippen molar-refractivity contribution in [2.45, 2.75) is 25.3 Å². The summed E-state index contributed by atoms with van der Waals surface area (Å²) in [4.78, 5) is 16.9. The van der Waals surface area contributed by atoms with Gasteiger partial charge in [0.1, 0.15) is 11.3 Å². The van der Waals surface area contributed by atoms with Crippen LogP contribution in [0.3, 0.4) is 0 Å². The fraction of sp³-hybridized carbons (Fsp3) is 0.152. The van der Waals surface area contributed by atoms with E-state index in [1.165, 1.54) is 0 Å². The largest absolute Gasteiger partial charge is 0.493 e. The van der Waals surface area contributed by atoms with E-state index in [9.17, 15) is 4.79 Å². The molecule has 0 spiro atoms. The highest BCUT2D eigenvalue weighted by Crippen LogP contribution is 2.42. The molecule has 5 aromatic rings. The fourth-order valence-electron chi connectivity index (χ4n) is 4.99. The maximum absolute atomic E-state index is 12.1. The summed E-state index contributed by atoms with van der Waals surface area (Å²) in [6.45, 7) is 2.72. The number of carbonyl (C=O) groups excluding carboxylic acids is 1. The second kappa shape index (κ2) is 11.1. The van der Waals surface area contributed by atoms with Gasteiger partial charge < -0.3 is 9.30 Å². The minimum atomic E-state index is -0.672. The molecule has 1 aromatic heterocycles. The number of benzene rings is 4. The standard InChI is InChI=1S/C33H30N2O2/c1-2-3-22-37-31-21-13-14-26(24-36)32(31)30-23-35(25-34-30)33(27-15-7-4-8-16-27,28-17-9-5-10-18-28)29-19-11-6-12-20-29/h4-21,23-25H,2-3,22H2,1H3. The van der Waals surface area contributed by atoms with Crippen molar-refractivity contribution in [1.29, 1.82) is 0 Å². The van der Waals surface area contributed by atoms with Gasteiger partial charge >= 0.3 is 0 Å². The van der Waals surface area contributed by atoms with Crippen molar-refractivity contribution < 1.29 is 9.53 Å². The maximum Gasteiger partial charge on any atom is 0.150 e. The predicted molar refractivity (Wildman–Crippen MR) is 148 cm³/mol. The van der Waals surface area contributed by atoms with Gasteiger partial charge in [0.15, 0.2) is 6.29 Å². The molecule has 0 aliphatic heterocycles. The number of ether oxygens (including phenoxy) is 1. The third kappa shape index (κ3) is 4.58. The molecule has 0 aliphatic rings. The lowest BCUT2D eigenvalue weighted by Crippen LogP contribution is -2.36. The number of rotatable bonds is 10. The number of hydrogen-bond acceptors (Lipinski definition) is 3. The smallest absolute Gasteiger partial charge is 0.150 e. The highest BCUT2D eigenvalue weighted by molar-refractivity contribution is 5.89. The van der Waals surface area contributed by atoms with Crippen LogP contribution in [0.25, 0.3) is 11.3 Å². The Morgan fingerprint density at radius 3 is 1.86 bits per heavy atom. The Balaban J connectivity index is 1.75. The van der Waals surface area contributed by atoms with Gasteiger partial charge in [-0.2, -0.15) is 0 Å². The van der Waals surface area contributed by atoms with Crippen molar-refractivity contribution in [2.24, 2.45) is 0 Å². The number of unbranched alkanes of at least 4 members (excludes halogenated alkanes) is 1. The normalized spacial score (nSPS) is 11.3. The first-order chi connectivity index (χ1) is 18.3. The Kier molecular flexibility index (Phi) is 7.27. The Labute approximate surface area is 218 Å². The molecule has 184 valence electrons. The first kappa shape index (κ1) is 24.3. The van der Waals surface area contributed by atoms with E-state index in [1.54, 1.807) is 0 Å². The molecule has 0 atom stereocenters. The zero-order valence-electron chi connectivity index (χ0n) is 21.0. The van der Waals surface area contributed by atoms with Crippen LogP contribution in [0, 0.1) is 0 Å². The van der Waals surface area contributed by atoms with Crippen LogP contribution in [-0.4, -0.2) is 22.4 Å². The van der Waals surface area contributed by atoms with Gasteiger partial charge in [0, 0.05) is 11.8 Å². The van der Waals surface area contributed by atoms with Crippen molar-refractivity contribution in [1.82, 2.24) is 9.55 Å². The summed E-state index contributed by atoms with van der Waals surface area (Å²) in [5.41, 5.74) is 4.63. The summed E-state index contributed by atoms with van der Waals surface area (Å²) in [6, 6.07) is 37.0. The molecule has 0 aliphatic carbocycles. The number of nitrogens with zero attached hydrogens (tertiary/aromatic N) is 2. The van der Waals surface area contributed by atoms with Gasteiger partial charge in [-0.05, 0) is 29.2 Å². The van der Waals surface area contributed by atoms with Crippen molar-refractivity contribution in [2.75, 3.05) is 6.61 Å². The van der Waals surface area contributed by atoms with Crippen molar-refractivity contribution >= 4 is 6.29 Å². The molecule has 1 heterocycles. The molecular formula is C33H30N2O2. The molecular weight excluding hydrogens is 456 g/mol. The number of aromatic nitrogens is 2. The number of hydrogen-bond donors (Lipinski definition) is 0. The first-order valence-corrected chi connectivity index (χ1v) is 12.7. The van der Waals surface area contributed by atoms with Crippen molar-refractivity contribution in [3.8, 4) is 17.0 Å². The summed E-state index contributed by atoms with van der Waals surface area (Å²) in [7, 11) is 0. The molecule has 4 nitrogen and oxygen atoms in total. The molecule has 37 heavy (non-hydrogen) atoms. The van der Waals surface area contributed by atoms with Gasteiger partial charge in [0.25, 0.3) is 0 Å². The Hall–Kier alpha value is -4.44. The van der Waals surface area contributed by atoms with Crippen LogP contribution in [0.15, 0.2) is 122 Å². The van der Waals surface area contributed by atoms with Crippen LogP contribution < -0.4 is 4.74 Å². The maximum atomic E-state index is 12.1. The lowest BCUT2D eigenvalue weighted by Gasteiger charge is -2.37.